The van der Waals surface area contributed by atoms with Crippen molar-refractivity contribution in [1.82, 2.24) is 0 Å². The van der Waals surface area contributed by atoms with Gasteiger partial charge < -0.3 is 5.73 Å². The highest BCUT2D eigenvalue weighted by atomic mass is 14.9. The van der Waals surface area contributed by atoms with Crippen molar-refractivity contribution in [2.24, 2.45) is 9.98 Å². The van der Waals surface area contributed by atoms with E-state index in [2.05, 4.69) is 44.1 Å². The molecule has 1 rings (SSSR count). The molecule has 0 atom stereocenters. The second-order valence-corrected chi connectivity index (χ2v) is 4.89. The first kappa shape index (κ1) is 16.1. The molecule has 0 fully saturated rings. The summed E-state index contributed by atoms with van der Waals surface area (Å²) in [5.41, 5.74) is 8.65. The predicted molar refractivity (Wildman–Crippen MR) is 82.6 cm³/mol. The second kappa shape index (κ2) is 6.15. The quantitative estimate of drug-likeness (QED) is 0.481. The molecular formula is C15H23N3. The Labute approximate surface area is 110 Å². The Hall–Kier alpha value is -1.90. The molecule has 2 N–H and O–H groups in total. The van der Waals surface area contributed by atoms with E-state index in [1.54, 1.807) is 0 Å². The van der Waals surface area contributed by atoms with E-state index in [0.29, 0.717) is 11.5 Å². The Balaban J connectivity index is 0.00000289. The lowest BCUT2D eigenvalue weighted by Gasteiger charge is -2.20. The number of rotatable bonds is 2. The van der Waals surface area contributed by atoms with E-state index in [9.17, 15) is 0 Å². The van der Waals surface area contributed by atoms with Crippen molar-refractivity contribution in [3.8, 4) is 0 Å². The smallest absolute Gasteiger partial charge is 0.158 e. The zero-order valence-electron chi connectivity index (χ0n) is 10.7. The molecule has 98 valence electrons. The van der Waals surface area contributed by atoms with Crippen LogP contribution in [0.2, 0.25) is 0 Å². The molecular weight excluding hydrogens is 222 g/mol. The minimum Gasteiger partial charge on any atom is -0.399 e. The number of nitrogen functional groups attached to an aromatic ring is 1. The first-order valence-electron chi connectivity index (χ1n) is 5.45. The Morgan fingerprint density at radius 3 is 2.33 bits per heavy atom. The van der Waals surface area contributed by atoms with Crippen molar-refractivity contribution in [1.29, 1.82) is 0 Å². The zero-order chi connectivity index (χ0) is 13.1. The molecule has 3 heteroatoms. The fraction of sp³-hybridized carbons (Fsp3) is 0.333. The summed E-state index contributed by atoms with van der Waals surface area (Å²) < 4.78 is 0. The lowest BCUT2D eigenvalue weighted by molar-refractivity contribution is 0.590. The van der Waals surface area contributed by atoms with E-state index in [-0.39, 0.29) is 12.8 Å². The van der Waals surface area contributed by atoms with Gasteiger partial charge in [-0.05, 0) is 35.9 Å². The largest absolute Gasteiger partial charge is 0.399 e. The highest BCUT2D eigenvalue weighted by Gasteiger charge is 2.15. The zero-order valence-corrected chi connectivity index (χ0v) is 10.7. The van der Waals surface area contributed by atoms with Gasteiger partial charge in [0.25, 0.3) is 0 Å². The minimum absolute atomic E-state index is 0. The van der Waals surface area contributed by atoms with Crippen LogP contribution in [0, 0.1) is 0 Å². The monoisotopic (exact) mass is 245 g/mol. The third kappa shape index (κ3) is 3.84. The van der Waals surface area contributed by atoms with Crippen LogP contribution in [0.3, 0.4) is 0 Å². The van der Waals surface area contributed by atoms with Gasteiger partial charge >= 0.3 is 0 Å². The molecule has 0 aromatic heterocycles. The SMILES string of the molecule is C.C=CN=C(N=C)c1cc(N)cc(C(C)(C)C)c1. The molecule has 18 heavy (non-hydrogen) atoms. The van der Waals surface area contributed by atoms with Gasteiger partial charge in [-0.3, -0.25) is 0 Å². The molecule has 0 bridgehead atoms. The lowest BCUT2D eigenvalue weighted by Crippen LogP contribution is -2.13. The standard InChI is InChI=1S/C14H19N3.CH4/c1-6-17-13(16-5)10-7-11(14(2,3)4)9-12(15)8-10;/h6-9H,1,5,15H2,2-4H3;1H4. The van der Waals surface area contributed by atoms with Gasteiger partial charge in [0.1, 0.15) is 0 Å². The molecule has 0 aliphatic rings. The fourth-order valence-corrected chi connectivity index (χ4v) is 1.51. The summed E-state index contributed by atoms with van der Waals surface area (Å²) in [6.07, 6.45) is 1.45. The van der Waals surface area contributed by atoms with Crippen LogP contribution in [0.4, 0.5) is 5.69 Å². The summed E-state index contributed by atoms with van der Waals surface area (Å²) in [5.74, 6) is 0.540. The fourth-order valence-electron chi connectivity index (χ4n) is 1.51. The van der Waals surface area contributed by atoms with Gasteiger partial charge in [0.2, 0.25) is 0 Å². The van der Waals surface area contributed by atoms with Crippen LogP contribution in [0.15, 0.2) is 41.0 Å². The summed E-state index contributed by atoms with van der Waals surface area (Å²) in [4.78, 5) is 7.96. The lowest BCUT2D eigenvalue weighted by atomic mass is 9.85. The van der Waals surface area contributed by atoms with Crippen molar-refractivity contribution in [3.05, 3.63) is 42.1 Å². The molecule has 0 heterocycles. The predicted octanol–water partition coefficient (Wildman–Crippen LogP) is 3.79. The molecule has 1 aromatic carbocycles. The number of nitrogens with zero attached hydrogens (tertiary/aromatic N) is 2. The van der Waals surface area contributed by atoms with Gasteiger partial charge in [0.15, 0.2) is 5.84 Å². The van der Waals surface area contributed by atoms with Crippen LogP contribution in [-0.2, 0) is 5.41 Å². The topological polar surface area (TPSA) is 50.7 Å². The van der Waals surface area contributed by atoms with E-state index in [1.807, 2.05) is 18.2 Å². The molecule has 1 aromatic rings. The number of benzene rings is 1. The van der Waals surface area contributed by atoms with E-state index >= 15 is 0 Å². The van der Waals surface area contributed by atoms with E-state index in [1.165, 1.54) is 6.20 Å². The maximum atomic E-state index is 5.90. The molecule has 0 amide bonds. The maximum absolute atomic E-state index is 5.90. The summed E-state index contributed by atoms with van der Waals surface area (Å²) in [7, 11) is 0. The third-order valence-corrected chi connectivity index (χ3v) is 2.44. The molecule has 0 saturated heterocycles. The van der Waals surface area contributed by atoms with Gasteiger partial charge in [0.05, 0.1) is 0 Å². The van der Waals surface area contributed by atoms with Crippen LogP contribution in [-0.4, -0.2) is 12.6 Å². The van der Waals surface area contributed by atoms with Gasteiger partial charge in [-0.1, -0.05) is 34.8 Å². The number of hydrogen-bond acceptors (Lipinski definition) is 2. The van der Waals surface area contributed by atoms with Crippen LogP contribution >= 0.6 is 0 Å². The maximum Gasteiger partial charge on any atom is 0.158 e. The van der Waals surface area contributed by atoms with Crippen molar-refractivity contribution in [2.75, 3.05) is 5.73 Å². The first-order chi connectivity index (χ1) is 7.88. The van der Waals surface area contributed by atoms with Crippen LogP contribution in [0.5, 0.6) is 0 Å². The van der Waals surface area contributed by atoms with Gasteiger partial charge in [-0.2, -0.15) is 0 Å². The Morgan fingerprint density at radius 1 is 1.28 bits per heavy atom. The Kier molecular flexibility index (Phi) is 5.50. The van der Waals surface area contributed by atoms with Crippen LogP contribution < -0.4 is 5.73 Å². The third-order valence-electron chi connectivity index (χ3n) is 2.44. The highest BCUT2D eigenvalue weighted by Crippen LogP contribution is 2.25. The molecule has 0 radical (unpaired) electrons. The summed E-state index contributed by atoms with van der Waals surface area (Å²) in [5, 5.41) is 0. The van der Waals surface area contributed by atoms with Crippen molar-refractivity contribution >= 4 is 18.2 Å². The number of aliphatic imine (C=N–C) groups is 2. The Morgan fingerprint density at radius 2 is 1.89 bits per heavy atom. The van der Waals surface area contributed by atoms with Crippen molar-refractivity contribution in [3.63, 3.8) is 0 Å². The van der Waals surface area contributed by atoms with Crippen molar-refractivity contribution < 1.29 is 0 Å². The minimum atomic E-state index is 0. The van der Waals surface area contributed by atoms with E-state index in [4.69, 9.17) is 5.73 Å². The van der Waals surface area contributed by atoms with Gasteiger partial charge in [0, 0.05) is 17.5 Å². The average molecular weight is 245 g/mol. The number of anilines is 1. The van der Waals surface area contributed by atoms with E-state index < -0.39 is 0 Å². The molecule has 0 aliphatic heterocycles. The number of amidine groups is 1. The molecule has 0 aliphatic carbocycles. The van der Waals surface area contributed by atoms with Gasteiger partial charge in [-0.15, -0.1) is 0 Å². The molecule has 0 spiro atoms. The first-order valence-corrected chi connectivity index (χ1v) is 5.45. The molecule has 0 saturated carbocycles. The molecule has 0 unspecified atom stereocenters. The molecule has 3 nitrogen and oxygen atoms in total. The van der Waals surface area contributed by atoms with Crippen molar-refractivity contribution in [2.45, 2.75) is 33.6 Å². The second-order valence-electron chi connectivity index (χ2n) is 4.89. The Bertz CT molecular complexity index is 465. The summed E-state index contributed by atoms with van der Waals surface area (Å²) >= 11 is 0. The van der Waals surface area contributed by atoms with E-state index in [0.717, 1.165) is 11.1 Å². The van der Waals surface area contributed by atoms with Crippen LogP contribution in [0.1, 0.15) is 39.3 Å². The number of hydrogen-bond donors (Lipinski definition) is 1. The normalized spacial score (nSPS) is 11.6. The van der Waals surface area contributed by atoms with Crippen LogP contribution in [0.25, 0.3) is 0 Å². The summed E-state index contributed by atoms with van der Waals surface area (Å²) in [6.45, 7) is 13.5. The van der Waals surface area contributed by atoms with Gasteiger partial charge in [-0.25, -0.2) is 9.98 Å². The number of nitrogens with two attached hydrogens (primary N) is 1. The average Bonchev–Trinajstić information content (AvgIpc) is 2.23. The highest BCUT2D eigenvalue weighted by molar-refractivity contribution is 6.02. The summed E-state index contributed by atoms with van der Waals surface area (Å²) in [6, 6.07) is 5.84.